The molecule has 0 unspecified atom stereocenters. The van der Waals surface area contributed by atoms with Gasteiger partial charge in [0, 0.05) is 11.8 Å². The largest absolute Gasteiger partial charge is 0.504 e. The van der Waals surface area contributed by atoms with Gasteiger partial charge in [-0.3, -0.25) is 4.99 Å². The van der Waals surface area contributed by atoms with Crippen molar-refractivity contribution < 1.29 is 19.6 Å². The lowest BCUT2D eigenvalue weighted by atomic mass is 10.1. The first-order valence-electron chi connectivity index (χ1n) is 9.33. The zero-order valence-electron chi connectivity index (χ0n) is 15.6. The molecule has 2 aromatic rings. The molecule has 3 rings (SSSR count). The summed E-state index contributed by atoms with van der Waals surface area (Å²) in [6.45, 7) is 7.93. The van der Waals surface area contributed by atoms with Crippen molar-refractivity contribution in [3.63, 3.8) is 0 Å². The Balaban J connectivity index is 1.72. The molecule has 1 saturated heterocycles. The topological polar surface area (TPSA) is 50.7 Å². The minimum Gasteiger partial charge on any atom is -0.504 e. The Kier molecular flexibility index (Phi) is 6.66. The molecule has 1 aliphatic heterocycles. The summed E-state index contributed by atoms with van der Waals surface area (Å²) in [5.41, 5.74) is 0.707. The first kappa shape index (κ1) is 18.9. The Morgan fingerprint density at radius 1 is 1.23 bits per heavy atom. The average molecular weight is 376 g/mol. The van der Waals surface area contributed by atoms with E-state index in [-0.39, 0.29) is 5.75 Å². The van der Waals surface area contributed by atoms with Crippen LogP contribution in [0, 0.1) is 0 Å². The number of piperazine rings is 1. The fourth-order valence-corrected chi connectivity index (χ4v) is 4.30. The molecule has 1 aliphatic rings. The van der Waals surface area contributed by atoms with Gasteiger partial charge in [0.05, 0.1) is 25.1 Å². The van der Waals surface area contributed by atoms with Gasteiger partial charge < -0.3 is 19.6 Å². The summed E-state index contributed by atoms with van der Waals surface area (Å²) in [6, 6.07) is 10.3. The molecule has 3 N–H and O–H groups in total. The van der Waals surface area contributed by atoms with Gasteiger partial charge in [-0.15, -0.1) is 11.3 Å². The number of aliphatic imine (C=N–C) groups is 1. The SMILES string of the molecule is CCOc1cccc(C=NC[C@H](c2cccs2)[NH+]2CC[NH+](C)CC2)c1O. The third kappa shape index (κ3) is 4.63. The van der Waals surface area contributed by atoms with E-state index in [2.05, 4.69) is 24.6 Å². The van der Waals surface area contributed by atoms with Crippen molar-refractivity contribution in [3.05, 3.63) is 46.2 Å². The summed E-state index contributed by atoms with van der Waals surface area (Å²) in [6.07, 6.45) is 1.78. The maximum absolute atomic E-state index is 10.3. The molecule has 0 radical (unpaired) electrons. The zero-order chi connectivity index (χ0) is 18.4. The number of thiophene rings is 1. The number of para-hydroxylation sites is 1. The van der Waals surface area contributed by atoms with E-state index < -0.39 is 0 Å². The number of hydrogen-bond donors (Lipinski definition) is 3. The third-order valence-corrected chi connectivity index (χ3v) is 5.96. The number of nitrogens with one attached hydrogen (secondary N) is 2. The lowest BCUT2D eigenvalue weighted by Crippen LogP contribution is -3.27. The van der Waals surface area contributed by atoms with Crippen molar-refractivity contribution in [2.45, 2.75) is 13.0 Å². The number of phenols is 1. The van der Waals surface area contributed by atoms with Gasteiger partial charge in [-0.05, 0) is 30.5 Å². The number of hydrogen-bond acceptors (Lipinski definition) is 4. The van der Waals surface area contributed by atoms with Gasteiger partial charge in [0.2, 0.25) is 0 Å². The third-order valence-electron chi connectivity index (χ3n) is 4.97. The molecule has 0 bridgehead atoms. The van der Waals surface area contributed by atoms with Gasteiger partial charge in [0.15, 0.2) is 11.5 Å². The Morgan fingerprint density at radius 3 is 2.73 bits per heavy atom. The summed E-state index contributed by atoms with van der Waals surface area (Å²) in [5, 5.41) is 12.5. The monoisotopic (exact) mass is 375 g/mol. The number of ether oxygens (including phenoxy) is 1. The summed E-state index contributed by atoms with van der Waals surface area (Å²) in [4.78, 5) is 9.31. The van der Waals surface area contributed by atoms with E-state index in [9.17, 15) is 5.11 Å². The van der Waals surface area contributed by atoms with Crippen LogP contribution in [0.3, 0.4) is 0 Å². The molecule has 6 heteroatoms. The Hall–Kier alpha value is -1.89. The smallest absolute Gasteiger partial charge is 0.166 e. The molecule has 140 valence electrons. The fourth-order valence-electron chi connectivity index (χ4n) is 3.43. The summed E-state index contributed by atoms with van der Waals surface area (Å²) in [5.74, 6) is 0.681. The van der Waals surface area contributed by atoms with E-state index in [1.165, 1.54) is 31.1 Å². The van der Waals surface area contributed by atoms with Gasteiger partial charge in [-0.25, -0.2) is 0 Å². The van der Waals surface area contributed by atoms with Crippen molar-refractivity contribution in [1.29, 1.82) is 0 Å². The molecule has 2 heterocycles. The lowest BCUT2D eigenvalue weighted by Gasteiger charge is -2.32. The number of aromatic hydroxyl groups is 1. The molecule has 1 aromatic carbocycles. The van der Waals surface area contributed by atoms with Crippen LogP contribution < -0.4 is 14.5 Å². The minimum atomic E-state index is 0.168. The predicted molar refractivity (Wildman–Crippen MR) is 106 cm³/mol. The second kappa shape index (κ2) is 9.16. The quantitative estimate of drug-likeness (QED) is 0.615. The predicted octanol–water partition coefficient (Wildman–Crippen LogP) is 0.426. The molecule has 26 heavy (non-hydrogen) atoms. The van der Waals surface area contributed by atoms with Crippen LogP contribution in [0.1, 0.15) is 23.4 Å². The van der Waals surface area contributed by atoms with Crippen LogP contribution in [-0.2, 0) is 0 Å². The second-order valence-corrected chi connectivity index (χ2v) is 7.78. The normalized spacial score (nSPS) is 21.8. The van der Waals surface area contributed by atoms with Gasteiger partial charge in [-0.2, -0.15) is 0 Å². The van der Waals surface area contributed by atoms with E-state index in [4.69, 9.17) is 9.73 Å². The Labute approximate surface area is 159 Å². The van der Waals surface area contributed by atoms with E-state index in [1.807, 2.05) is 30.4 Å². The summed E-state index contributed by atoms with van der Waals surface area (Å²) >= 11 is 1.81. The van der Waals surface area contributed by atoms with Crippen molar-refractivity contribution in [1.82, 2.24) is 0 Å². The molecule has 1 atom stereocenters. The van der Waals surface area contributed by atoms with Crippen LogP contribution in [0.5, 0.6) is 11.5 Å². The highest BCUT2D eigenvalue weighted by Crippen LogP contribution is 2.28. The highest BCUT2D eigenvalue weighted by molar-refractivity contribution is 7.10. The van der Waals surface area contributed by atoms with E-state index in [0.29, 0.717) is 24.0 Å². The van der Waals surface area contributed by atoms with Crippen LogP contribution in [0.4, 0.5) is 0 Å². The number of likely N-dealkylation sites (N-methyl/N-ethyl adjacent to an activating group) is 1. The number of rotatable bonds is 7. The first-order valence-corrected chi connectivity index (χ1v) is 10.2. The molecular formula is C20H29N3O2S+2. The van der Waals surface area contributed by atoms with Crippen molar-refractivity contribution in [2.75, 3.05) is 46.4 Å². The van der Waals surface area contributed by atoms with Crippen LogP contribution in [0.25, 0.3) is 0 Å². The summed E-state index contributed by atoms with van der Waals surface area (Å²) < 4.78 is 5.45. The highest BCUT2D eigenvalue weighted by Gasteiger charge is 2.29. The van der Waals surface area contributed by atoms with Gasteiger partial charge in [0.25, 0.3) is 0 Å². The van der Waals surface area contributed by atoms with Gasteiger partial charge in [0.1, 0.15) is 32.2 Å². The maximum Gasteiger partial charge on any atom is 0.166 e. The van der Waals surface area contributed by atoms with Crippen LogP contribution in [0.2, 0.25) is 0 Å². The molecule has 1 aromatic heterocycles. The van der Waals surface area contributed by atoms with Crippen molar-refractivity contribution in [3.8, 4) is 11.5 Å². The van der Waals surface area contributed by atoms with Crippen molar-refractivity contribution >= 4 is 17.6 Å². The van der Waals surface area contributed by atoms with Crippen LogP contribution in [0.15, 0.2) is 40.7 Å². The van der Waals surface area contributed by atoms with Gasteiger partial charge in [-0.1, -0.05) is 12.1 Å². The first-order chi connectivity index (χ1) is 12.7. The summed E-state index contributed by atoms with van der Waals surface area (Å²) in [7, 11) is 2.27. The van der Waals surface area contributed by atoms with E-state index >= 15 is 0 Å². The Morgan fingerprint density at radius 2 is 2.04 bits per heavy atom. The average Bonchev–Trinajstić information content (AvgIpc) is 3.17. The minimum absolute atomic E-state index is 0.168. The van der Waals surface area contributed by atoms with Crippen molar-refractivity contribution in [2.24, 2.45) is 4.99 Å². The lowest BCUT2D eigenvalue weighted by molar-refractivity contribution is -1.02. The molecular weight excluding hydrogens is 346 g/mol. The van der Waals surface area contributed by atoms with Crippen LogP contribution in [-0.4, -0.2) is 57.7 Å². The standard InChI is InChI=1S/C20H27N3O2S/c1-3-25-18-7-4-6-16(20(18)24)14-21-15-17(19-8-5-13-26-19)23-11-9-22(2)10-12-23/h4-8,13-14,17,24H,3,9-12,15H2,1-2H3/p+2/t17-/m1/s1. The fraction of sp³-hybridized carbons (Fsp3) is 0.450. The Bertz CT molecular complexity index is 710. The van der Waals surface area contributed by atoms with Gasteiger partial charge >= 0.3 is 0 Å². The zero-order valence-corrected chi connectivity index (χ0v) is 16.4. The van der Waals surface area contributed by atoms with E-state index in [1.54, 1.807) is 22.1 Å². The number of benzene rings is 1. The highest BCUT2D eigenvalue weighted by atomic mass is 32.1. The number of nitrogens with zero attached hydrogens (tertiary/aromatic N) is 1. The molecule has 0 spiro atoms. The second-order valence-electron chi connectivity index (χ2n) is 6.80. The molecule has 0 saturated carbocycles. The number of quaternary nitrogens is 2. The number of phenolic OH excluding ortho intramolecular Hbond substituents is 1. The van der Waals surface area contributed by atoms with E-state index in [0.717, 1.165) is 6.54 Å². The molecule has 0 aliphatic carbocycles. The maximum atomic E-state index is 10.3. The van der Waals surface area contributed by atoms with Crippen LogP contribution >= 0.6 is 11.3 Å². The molecule has 1 fully saturated rings. The molecule has 0 amide bonds. The molecule has 5 nitrogen and oxygen atoms in total.